The molecule has 2 rings (SSSR count). The maximum atomic E-state index is 13.4. The highest BCUT2D eigenvalue weighted by atomic mass is 32.2. The Morgan fingerprint density at radius 1 is 1.08 bits per heavy atom. The van der Waals surface area contributed by atoms with E-state index in [1.54, 1.807) is 33.0 Å². The van der Waals surface area contributed by atoms with E-state index in [4.69, 9.17) is 14.2 Å². The van der Waals surface area contributed by atoms with Crippen molar-refractivity contribution in [1.29, 1.82) is 0 Å². The molecule has 0 saturated heterocycles. The number of alkyl halides is 3. The minimum Gasteiger partial charge on any atom is -0.444 e. The number of fused-ring (bicyclic) bond motifs is 1. The van der Waals surface area contributed by atoms with E-state index < -0.39 is 57.9 Å². The van der Waals surface area contributed by atoms with Crippen LogP contribution in [0.25, 0.3) is 5.65 Å². The summed E-state index contributed by atoms with van der Waals surface area (Å²) in [6.45, 7) is 12.0. The molecule has 0 aliphatic rings. The van der Waals surface area contributed by atoms with Crippen LogP contribution in [0.3, 0.4) is 0 Å². The van der Waals surface area contributed by atoms with Crippen LogP contribution in [-0.2, 0) is 25.2 Å². The van der Waals surface area contributed by atoms with Crippen LogP contribution in [0.1, 0.15) is 78.7 Å². The van der Waals surface area contributed by atoms with Crippen LogP contribution in [0.15, 0.2) is 18.5 Å². The zero-order valence-corrected chi connectivity index (χ0v) is 24.0. The fourth-order valence-electron chi connectivity index (χ4n) is 2.96. The molecule has 0 radical (unpaired) electrons. The predicted molar refractivity (Wildman–Crippen MR) is 137 cm³/mol. The van der Waals surface area contributed by atoms with Gasteiger partial charge in [-0.3, -0.25) is 0 Å². The molecule has 0 bridgehead atoms. The van der Waals surface area contributed by atoms with Gasteiger partial charge in [0.15, 0.2) is 11.2 Å². The minimum atomic E-state index is -4.63. The molecular formula is C24H38F3N5O5S. The largest absolute Gasteiger partial charge is 0.444 e. The Bertz CT molecular complexity index is 1130. The van der Waals surface area contributed by atoms with Gasteiger partial charge in [-0.25, -0.2) is 23.2 Å². The van der Waals surface area contributed by atoms with Gasteiger partial charge in [0, 0.05) is 7.11 Å². The standard InChI is InChI=1S/C24H38F3N5O5S/c1-21(2,3)37-20(33)30-18(14-36-23(7,8)24(25,26)27)16-12-32-19(29-16)10-15(11-28-32)17(13-35-9)31-38(34)22(4,5)6/h10-12,17-18,31H,13-14H2,1-9H3,(H,30,33)/t17-,18+,38-/m1/s1. The summed E-state index contributed by atoms with van der Waals surface area (Å²) >= 11 is 0. The molecule has 2 heterocycles. The van der Waals surface area contributed by atoms with Crippen LogP contribution in [0, 0.1) is 0 Å². The fraction of sp³-hybridized carbons (Fsp3) is 0.708. The number of imidazole rings is 1. The molecule has 2 N–H and O–H groups in total. The molecule has 0 fully saturated rings. The highest BCUT2D eigenvalue weighted by molar-refractivity contribution is 7.84. The van der Waals surface area contributed by atoms with Gasteiger partial charge in [-0.2, -0.15) is 18.3 Å². The maximum absolute atomic E-state index is 13.4. The molecule has 14 heteroatoms. The van der Waals surface area contributed by atoms with Crippen molar-refractivity contribution >= 4 is 22.7 Å². The van der Waals surface area contributed by atoms with Crippen molar-refractivity contribution in [2.24, 2.45) is 0 Å². The Hall–Kier alpha value is -2.29. The molecule has 0 saturated carbocycles. The first-order valence-electron chi connectivity index (χ1n) is 12.0. The zero-order chi connectivity index (χ0) is 29.1. The van der Waals surface area contributed by atoms with Gasteiger partial charge >= 0.3 is 12.3 Å². The SMILES string of the molecule is COC[C@@H](N[S@](=O)C(C)(C)C)c1cnn2cc([C@H](COC(C)(C)C(F)(F)F)NC(=O)OC(C)(C)C)nc2c1. The summed E-state index contributed by atoms with van der Waals surface area (Å²) in [4.78, 5) is 16.9. The number of ether oxygens (including phenoxy) is 3. The van der Waals surface area contributed by atoms with Crippen molar-refractivity contribution in [3.8, 4) is 0 Å². The van der Waals surface area contributed by atoms with Gasteiger partial charge in [0.1, 0.15) is 5.60 Å². The van der Waals surface area contributed by atoms with Gasteiger partial charge < -0.3 is 19.5 Å². The Morgan fingerprint density at radius 2 is 1.71 bits per heavy atom. The summed E-state index contributed by atoms with van der Waals surface area (Å²) in [6.07, 6.45) is -2.43. The molecule has 0 aromatic carbocycles. The Morgan fingerprint density at radius 3 is 2.24 bits per heavy atom. The van der Waals surface area contributed by atoms with E-state index in [9.17, 15) is 22.2 Å². The van der Waals surface area contributed by atoms with Crippen LogP contribution >= 0.6 is 0 Å². The average molecular weight is 566 g/mol. The first-order valence-corrected chi connectivity index (χ1v) is 13.1. The first kappa shape index (κ1) is 31.9. The molecule has 38 heavy (non-hydrogen) atoms. The van der Waals surface area contributed by atoms with E-state index in [0.29, 0.717) is 11.2 Å². The molecule has 0 aliphatic heterocycles. The fourth-order valence-corrected chi connectivity index (χ4v) is 3.78. The number of rotatable bonds is 10. The lowest BCUT2D eigenvalue weighted by Crippen LogP contribution is -2.44. The molecule has 1 amide bonds. The smallest absolute Gasteiger partial charge is 0.416 e. The van der Waals surface area contributed by atoms with Crippen molar-refractivity contribution in [1.82, 2.24) is 24.6 Å². The first-order chi connectivity index (χ1) is 17.2. The summed E-state index contributed by atoms with van der Waals surface area (Å²) in [5, 5.41) is 6.88. The second kappa shape index (κ2) is 11.8. The topological polar surface area (TPSA) is 116 Å². The maximum Gasteiger partial charge on any atom is 0.416 e. The third kappa shape index (κ3) is 8.89. The van der Waals surface area contributed by atoms with Gasteiger partial charge in [-0.1, -0.05) is 0 Å². The number of methoxy groups -OCH3 is 1. The van der Waals surface area contributed by atoms with Gasteiger partial charge in [-0.05, 0) is 67.0 Å². The number of nitrogens with zero attached hydrogens (tertiary/aromatic N) is 3. The Kier molecular flexibility index (Phi) is 9.95. The van der Waals surface area contributed by atoms with Crippen molar-refractivity contribution in [3.05, 3.63) is 29.7 Å². The van der Waals surface area contributed by atoms with Crippen LogP contribution < -0.4 is 10.0 Å². The Balaban J connectivity index is 2.40. The summed E-state index contributed by atoms with van der Waals surface area (Å²) < 4.78 is 72.5. The summed E-state index contributed by atoms with van der Waals surface area (Å²) in [7, 11) is 0.123. The number of hydrogen-bond acceptors (Lipinski definition) is 7. The molecule has 216 valence electrons. The average Bonchev–Trinajstić information content (AvgIpc) is 3.16. The molecule has 3 atom stereocenters. The van der Waals surface area contributed by atoms with E-state index in [1.165, 1.54) is 17.8 Å². The molecule has 0 spiro atoms. The quantitative estimate of drug-likeness (QED) is 0.439. The van der Waals surface area contributed by atoms with Gasteiger partial charge in [0.05, 0.1) is 59.1 Å². The molecular weight excluding hydrogens is 527 g/mol. The Labute approximate surface area is 223 Å². The number of hydrogen-bond donors (Lipinski definition) is 2. The highest BCUT2D eigenvalue weighted by Crippen LogP contribution is 2.34. The molecule has 0 unspecified atom stereocenters. The normalized spacial score (nSPS) is 15.8. The molecule has 0 aliphatic carbocycles. The van der Waals surface area contributed by atoms with E-state index >= 15 is 0 Å². The van der Waals surface area contributed by atoms with Crippen LogP contribution in [-0.4, -0.2) is 67.3 Å². The van der Waals surface area contributed by atoms with Crippen LogP contribution in [0.4, 0.5) is 18.0 Å². The van der Waals surface area contributed by atoms with Crippen molar-refractivity contribution in [2.45, 2.75) is 89.6 Å². The monoisotopic (exact) mass is 565 g/mol. The summed E-state index contributed by atoms with van der Waals surface area (Å²) in [5.74, 6) is 0. The number of amides is 1. The molecule has 2 aromatic heterocycles. The van der Waals surface area contributed by atoms with E-state index in [-0.39, 0.29) is 12.3 Å². The third-order valence-corrected chi connectivity index (χ3v) is 6.85. The number of carbonyl (C=O) groups excluding carboxylic acids is 1. The van der Waals surface area contributed by atoms with Crippen molar-refractivity contribution in [2.75, 3.05) is 20.3 Å². The lowest BCUT2D eigenvalue weighted by molar-refractivity contribution is -0.265. The van der Waals surface area contributed by atoms with E-state index in [1.807, 2.05) is 20.8 Å². The highest BCUT2D eigenvalue weighted by Gasteiger charge is 2.49. The lowest BCUT2D eigenvalue weighted by Gasteiger charge is -2.30. The number of alkyl carbamates (subject to hydrolysis) is 1. The van der Waals surface area contributed by atoms with Gasteiger partial charge in [0.2, 0.25) is 0 Å². The summed E-state index contributed by atoms with van der Waals surface area (Å²) in [5.41, 5.74) is -2.08. The van der Waals surface area contributed by atoms with Crippen LogP contribution in [0.5, 0.6) is 0 Å². The second-order valence-corrected chi connectivity index (χ2v) is 13.3. The second-order valence-electron chi connectivity index (χ2n) is 11.3. The van der Waals surface area contributed by atoms with E-state index in [2.05, 4.69) is 20.1 Å². The number of carbonyl (C=O) groups is 1. The van der Waals surface area contributed by atoms with Crippen molar-refractivity contribution in [3.63, 3.8) is 0 Å². The third-order valence-electron chi connectivity index (χ3n) is 5.24. The molecule has 2 aromatic rings. The zero-order valence-electron chi connectivity index (χ0n) is 23.2. The van der Waals surface area contributed by atoms with Crippen molar-refractivity contribution < 1.29 is 36.4 Å². The summed E-state index contributed by atoms with van der Waals surface area (Å²) in [6, 6.07) is 0.153. The number of aromatic nitrogens is 3. The van der Waals surface area contributed by atoms with Crippen LogP contribution in [0.2, 0.25) is 0 Å². The predicted octanol–water partition coefficient (Wildman–Crippen LogP) is 4.39. The van der Waals surface area contributed by atoms with E-state index in [0.717, 1.165) is 13.8 Å². The number of halogens is 3. The van der Waals surface area contributed by atoms with Gasteiger partial charge in [0.25, 0.3) is 0 Å². The minimum absolute atomic E-state index is 0.205. The van der Waals surface area contributed by atoms with Gasteiger partial charge in [-0.15, -0.1) is 0 Å². The molecule has 10 nitrogen and oxygen atoms in total. The number of nitrogens with one attached hydrogen (secondary N) is 2. The lowest BCUT2D eigenvalue weighted by atomic mass is 10.1.